The first kappa shape index (κ1) is 24.0. The van der Waals surface area contributed by atoms with Crippen molar-refractivity contribution in [2.45, 2.75) is 89.4 Å². The van der Waals surface area contributed by atoms with Gasteiger partial charge in [-0.05, 0) is 6.42 Å². The number of unbranched alkanes of at least 4 members (excludes halogenated alkanes) is 9. The van der Waals surface area contributed by atoms with Gasteiger partial charge in [0.05, 0.1) is 6.61 Å². The van der Waals surface area contributed by atoms with Crippen molar-refractivity contribution in [3.63, 3.8) is 0 Å². The van der Waals surface area contributed by atoms with E-state index in [0.29, 0.717) is 6.54 Å². The van der Waals surface area contributed by atoms with Gasteiger partial charge in [0, 0.05) is 6.54 Å². The molecule has 0 aromatic heterocycles. The molecular formula is C18H35NO6. The minimum Gasteiger partial charge on any atom is -0.394 e. The summed E-state index contributed by atoms with van der Waals surface area (Å²) in [7, 11) is 0. The Morgan fingerprint density at radius 2 is 1.32 bits per heavy atom. The Morgan fingerprint density at radius 1 is 0.840 bits per heavy atom. The standard InChI is InChI=1S/C18H35NO6/c1-2-3-4-5-6-7-8-9-10-11-12-19-18(25)17(24)16(23)15(22)14(21)13-20/h14-16,20-23H,2-13H2,1H3,(H,19,25)/t14-,15+,16-/m0/s1. The van der Waals surface area contributed by atoms with Crippen LogP contribution in [0.1, 0.15) is 71.1 Å². The fourth-order valence-corrected chi connectivity index (χ4v) is 2.51. The average molecular weight is 361 g/mol. The lowest BCUT2D eigenvalue weighted by atomic mass is 10.0. The maximum atomic E-state index is 11.6. The summed E-state index contributed by atoms with van der Waals surface area (Å²) in [6.45, 7) is 1.71. The van der Waals surface area contributed by atoms with E-state index < -0.39 is 36.6 Å². The minimum atomic E-state index is -2.05. The summed E-state index contributed by atoms with van der Waals surface area (Å²) < 4.78 is 0. The molecule has 0 aliphatic carbocycles. The van der Waals surface area contributed by atoms with Crippen molar-refractivity contribution in [2.24, 2.45) is 0 Å². The van der Waals surface area contributed by atoms with Gasteiger partial charge in [0.2, 0.25) is 0 Å². The smallest absolute Gasteiger partial charge is 0.290 e. The summed E-state index contributed by atoms with van der Waals surface area (Å²) in [5.41, 5.74) is 0. The Balaban J connectivity index is 3.68. The van der Waals surface area contributed by atoms with Crippen molar-refractivity contribution in [3.05, 3.63) is 0 Å². The highest BCUT2D eigenvalue weighted by Gasteiger charge is 2.33. The molecule has 0 aromatic carbocycles. The zero-order valence-corrected chi connectivity index (χ0v) is 15.3. The van der Waals surface area contributed by atoms with Crippen LogP contribution in [-0.2, 0) is 9.59 Å². The molecule has 0 saturated heterocycles. The van der Waals surface area contributed by atoms with E-state index in [1.54, 1.807) is 0 Å². The number of hydrogen-bond acceptors (Lipinski definition) is 6. The Bertz CT molecular complexity index is 363. The van der Waals surface area contributed by atoms with Gasteiger partial charge in [0.15, 0.2) is 6.10 Å². The van der Waals surface area contributed by atoms with E-state index in [-0.39, 0.29) is 0 Å². The van der Waals surface area contributed by atoms with Gasteiger partial charge >= 0.3 is 0 Å². The molecule has 3 atom stereocenters. The third-order valence-electron chi connectivity index (χ3n) is 4.21. The Hall–Kier alpha value is -1.02. The quantitative estimate of drug-likeness (QED) is 0.203. The summed E-state index contributed by atoms with van der Waals surface area (Å²) in [6.07, 6.45) is 6.02. The molecule has 0 unspecified atom stereocenters. The molecule has 0 fully saturated rings. The number of aliphatic hydroxyl groups is 4. The van der Waals surface area contributed by atoms with E-state index in [9.17, 15) is 19.8 Å². The second kappa shape index (κ2) is 15.3. The molecule has 0 aliphatic rings. The van der Waals surface area contributed by atoms with Crippen LogP contribution in [0.5, 0.6) is 0 Å². The second-order valence-corrected chi connectivity index (χ2v) is 6.49. The SMILES string of the molecule is CCCCCCCCCCCCNC(=O)C(=O)[C@@H](O)[C@H](O)[C@@H](O)CO. The zero-order valence-electron chi connectivity index (χ0n) is 15.3. The normalized spacial score (nSPS) is 14.8. The third-order valence-corrected chi connectivity index (χ3v) is 4.21. The van der Waals surface area contributed by atoms with Gasteiger partial charge in [0.1, 0.15) is 12.2 Å². The highest BCUT2D eigenvalue weighted by molar-refractivity contribution is 6.37. The van der Waals surface area contributed by atoms with Crippen molar-refractivity contribution in [3.8, 4) is 0 Å². The Morgan fingerprint density at radius 3 is 1.80 bits per heavy atom. The van der Waals surface area contributed by atoms with Gasteiger partial charge in [-0.2, -0.15) is 0 Å². The number of amides is 1. The molecule has 0 aromatic rings. The summed E-state index contributed by atoms with van der Waals surface area (Å²) in [6, 6.07) is 0. The van der Waals surface area contributed by atoms with E-state index in [2.05, 4.69) is 12.2 Å². The van der Waals surface area contributed by atoms with Crippen LogP contribution in [0.15, 0.2) is 0 Å². The van der Waals surface area contributed by atoms with Crippen molar-refractivity contribution < 1.29 is 30.0 Å². The summed E-state index contributed by atoms with van der Waals surface area (Å²) in [5, 5.41) is 39.1. The van der Waals surface area contributed by atoms with E-state index in [1.165, 1.54) is 44.9 Å². The van der Waals surface area contributed by atoms with E-state index in [1.807, 2.05) is 0 Å². The maximum Gasteiger partial charge on any atom is 0.290 e. The fraction of sp³-hybridized carbons (Fsp3) is 0.889. The monoisotopic (exact) mass is 361 g/mol. The molecule has 0 saturated carbocycles. The first-order valence-electron chi connectivity index (χ1n) is 9.42. The number of hydrogen-bond donors (Lipinski definition) is 5. The van der Waals surface area contributed by atoms with E-state index in [0.717, 1.165) is 19.3 Å². The van der Waals surface area contributed by atoms with Gasteiger partial charge in [0.25, 0.3) is 11.7 Å². The van der Waals surface area contributed by atoms with Crippen LogP contribution < -0.4 is 5.32 Å². The van der Waals surface area contributed by atoms with Gasteiger partial charge in [-0.1, -0.05) is 64.7 Å². The van der Waals surface area contributed by atoms with Crippen LogP contribution >= 0.6 is 0 Å². The third kappa shape index (κ3) is 11.3. The molecule has 0 rings (SSSR count). The van der Waals surface area contributed by atoms with Crippen molar-refractivity contribution in [1.82, 2.24) is 5.32 Å². The van der Waals surface area contributed by atoms with Crippen LogP contribution in [0.4, 0.5) is 0 Å². The number of rotatable bonds is 16. The number of aliphatic hydroxyl groups excluding tert-OH is 4. The van der Waals surface area contributed by atoms with Crippen molar-refractivity contribution in [1.29, 1.82) is 0 Å². The molecule has 7 heteroatoms. The summed E-state index contributed by atoms with van der Waals surface area (Å²) >= 11 is 0. The van der Waals surface area contributed by atoms with E-state index >= 15 is 0 Å². The van der Waals surface area contributed by atoms with Crippen LogP contribution in [0.3, 0.4) is 0 Å². The number of carbonyl (C=O) groups excluding carboxylic acids is 2. The molecule has 0 spiro atoms. The molecule has 148 valence electrons. The molecule has 5 N–H and O–H groups in total. The van der Waals surface area contributed by atoms with Crippen LogP contribution in [0, 0.1) is 0 Å². The van der Waals surface area contributed by atoms with Gasteiger partial charge < -0.3 is 25.7 Å². The molecule has 0 heterocycles. The predicted octanol–water partition coefficient (Wildman–Crippen LogP) is 0.668. The van der Waals surface area contributed by atoms with Gasteiger partial charge in [-0.3, -0.25) is 9.59 Å². The average Bonchev–Trinajstić information content (AvgIpc) is 2.63. The molecular weight excluding hydrogens is 326 g/mol. The minimum absolute atomic E-state index is 0.326. The molecule has 7 nitrogen and oxygen atoms in total. The van der Waals surface area contributed by atoms with Crippen molar-refractivity contribution >= 4 is 11.7 Å². The first-order chi connectivity index (χ1) is 12.0. The largest absolute Gasteiger partial charge is 0.394 e. The number of ketones is 1. The summed E-state index contributed by atoms with van der Waals surface area (Å²) in [4.78, 5) is 23.2. The lowest BCUT2D eigenvalue weighted by molar-refractivity contribution is -0.150. The topological polar surface area (TPSA) is 127 Å². The highest BCUT2D eigenvalue weighted by Crippen LogP contribution is 2.10. The summed E-state index contributed by atoms with van der Waals surface area (Å²) in [5.74, 6) is -2.21. The Kier molecular flexibility index (Phi) is 14.6. The van der Waals surface area contributed by atoms with Gasteiger partial charge in [-0.25, -0.2) is 0 Å². The predicted molar refractivity (Wildman–Crippen MR) is 95.0 cm³/mol. The highest BCUT2D eigenvalue weighted by atomic mass is 16.4. The molecule has 0 bridgehead atoms. The van der Waals surface area contributed by atoms with Crippen LogP contribution in [0.2, 0.25) is 0 Å². The number of carbonyl (C=O) groups is 2. The van der Waals surface area contributed by atoms with E-state index in [4.69, 9.17) is 10.2 Å². The van der Waals surface area contributed by atoms with Crippen LogP contribution in [-0.4, -0.2) is 63.6 Å². The number of Topliss-reactive ketones (excluding diaryl/α,β-unsaturated/α-hetero) is 1. The fourth-order valence-electron chi connectivity index (χ4n) is 2.51. The lowest BCUT2D eigenvalue weighted by Gasteiger charge is -2.19. The Labute approximate surface area is 150 Å². The lowest BCUT2D eigenvalue weighted by Crippen LogP contribution is -2.49. The first-order valence-corrected chi connectivity index (χ1v) is 9.42. The molecule has 0 radical (unpaired) electrons. The number of nitrogens with one attached hydrogen (secondary N) is 1. The molecule has 0 aliphatic heterocycles. The molecule has 25 heavy (non-hydrogen) atoms. The zero-order chi connectivity index (χ0) is 19.1. The second-order valence-electron chi connectivity index (χ2n) is 6.49. The van der Waals surface area contributed by atoms with Gasteiger partial charge in [-0.15, -0.1) is 0 Å². The van der Waals surface area contributed by atoms with Crippen LogP contribution in [0.25, 0.3) is 0 Å². The molecule has 1 amide bonds. The van der Waals surface area contributed by atoms with Crippen molar-refractivity contribution in [2.75, 3.05) is 13.2 Å². The maximum absolute atomic E-state index is 11.6.